The molecule has 1 aliphatic heterocycles. The van der Waals surface area contributed by atoms with Crippen LogP contribution in [0.2, 0.25) is 5.02 Å². The number of aryl methyl sites for hydroxylation is 1. The maximum absolute atomic E-state index is 12.9. The lowest BCUT2D eigenvalue weighted by atomic mass is 10.2. The molecule has 5 rings (SSSR count). The summed E-state index contributed by atoms with van der Waals surface area (Å²) in [6.07, 6.45) is 2.76. The summed E-state index contributed by atoms with van der Waals surface area (Å²) in [6.45, 7) is 3.32. The second-order valence-electron chi connectivity index (χ2n) is 7.53. The molecule has 1 saturated heterocycles. The predicted molar refractivity (Wildman–Crippen MR) is 122 cm³/mol. The minimum Gasteiger partial charge on any atom is -0.380 e. The van der Waals surface area contributed by atoms with Gasteiger partial charge in [0, 0.05) is 48.7 Å². The van der Waals surface area contributed by atoms with Crippen LogP contribution in [0.5, 0.6) is 0 Å². The number of aromatic nitrogens is 2. The number of hydrogen-bond donors (Lipinski definition) is 2. The van der Waals surface area contributed by atoms with Gasteiger partial charge < -0.3 is 19.9 Å². The van der Waals surface area contributed by atoms with E-state index in [9.17, 15) is 4.79 Å². The number of likely N-dealkylation sites (tertiary alicyclic amines) is 1. The van der Waals surface area contributed by atoms with Crippen LogP contribution < -0.4 is 5.32 Å². The van der Waals surface area contributed by atoms with Gasteiger partial charge in [-0.15, -0.1) is 11.3 Å². The van der Waals surface area contributed by atoms with Crippen LogP contribution in [-0.2, 0) is 4.74 Å². The van der Waals surface area contributed by atoms with Crippen molar-refractivity contribution >= 4 is 61.3 Å². The fraction of sp³-hybridized carbons (Fsp3) is 0.273. The Kier molecular flexibility index (Phi) is 4.89. The minimum absolute atomic E-state index is 0.0412. The number of amides is 1. The van der Waals surface area contributed by atoms with Crippen LogP contribution in [0.1, 0.15) is 21.8 Å². The monoisotopic (exact) mass is 440 g/mol. The number of anilines is 2. The summed E-state index contributed by atoms with van der Waals surface area (Å²) in [6, 6.07) is 9.86. The van der Waals surface area contributed by atoms with E-state index in [0.29, 0.717) is 11.4 Å². The zero-order valence-corrected chi connectivity index (χ0v) is 18.2. The van der Waals surface area contributed by atoms with Crippen LogP contribution in [0.25, 0.3) is 21.1 Å². The number of hydrogen-bond acceptors (Lipinski definition) is 5. The lowest BCUT2D eigenvalue weighted by Crippen LogP contribution is -2.29. The van der Waals surface area contributed by atoms with Gasteiger partial charge in [-0.2, -0.15) is 0 Å². The van der Waals surface area contributed by atoms with Gasteiger partial charge in [-0.05, 0) is 43.7 Å². The summed E-state index contributed by atoms with van der Waals surface area (Å²) < 4.78 is 6.35. The lowest BCUT2D eigenvalue weighted by Gasteiger charge is -2.14. The Morgan fingerprint density at radius 1 is 1.37 bits per heavy atom. The maximum atomic E-state index is 12.9. The zero-order chi connectivity index (χ0) is 20.8. The lowest BCUT2D eigenvalue weighted by molar-refractivity contribution is 0.0728. The number of nitrogens with one attached hydrogen (secondary N) is 2. The van der Waals surface area contributed by atoms with E-state index in [-0.39, 0.29) is 12.0 Å². The van der Waals surface area contributed by atoms with Crippen molar-refractivity contribution in [2.75, 3.05) is 25.5 Å². The van der Waals surface area contributed by atoms with E-state index in [0.717, 1.165) is 56.2 Å². The molecule has 0 radical (unpaired) electrons. The van der Waals surface area contributed by atoms with Crippen molar-refractivity contribution < 1.29 is 9.53 Å². The van der Waals surface area contributed by atoms with Crippen LogP contribution >= 0.6 is 22.9 Å². The summed E-state index contributed by atoms with van der Waals surface area (Å²) in [5.41, 5.74) is 4.62. The Bertz CT molecular complexity index is 1260. The summed E-state index contributed by atoms with van der Waals surface area (Å²) in [7, 11) is 1.69. The molecule has 1 fully saturated rings. The molecule has 0 saturated carbocycles. The maximum Gasteiger partial charge on any atom is 0.264 e. The average Bonchev–Trinajstić information content (AvgIpc) is 3.46. The molecule has 154 valence electrons. The number of benzene rings is 1. The van der Waals surface area contributed by atoms with Gasteiger partial charge in [-0.1, -0.05) is 11.6 Å². The van der Waals surface area contributed by atoms with E-state index < -0.39 is 0 Å². The highest BCUT2D eigenvalue weighted by atomic mass is 35.5. The Hall–Kier alpha value is -2.61. The molecular weight excluding hydrogens is 420 g/mol. The van der Waals surface area contributed by atoms with E-state index in [4.69, 9.17) is 16.3 Å². The first-order chi connectivity index (χ1) is 14.5. The van der Waals surface area contributed by atoms with Crippen LogP contribution in [-0.4, -0.2) is 47.1 Å². The first-order valence-corrected chi connectivity index (χ1v) is 11.0. The highest BCUT2D eigenvalue weighted by Crippen LogP contribution is 2.35. The molecule has 30 heavy (non-hydrogen) atoms. The molecule has 4 heterocycles. The molecule has 0 aliphatic carbocycles. The van der Waals surface area contributed by atoms with Crippen molar-refractivity contribution in [1.82, 2.24) is 14.9 Å². The van der Waals surface area contributed by atoms with Gasteiger partial charge in [-0.25, -0.2) is 0 Å². The van der Waals surface area contributed by atoms with Gasteiger partial charge in [0.1, 0.15) is 0 Å². The zero-order valence-electron chi connectivity index (χ0n) is 16.7. The smallest absolute Gasteiger partial charge is 0.264 e. The molecule has 1 aliphatic rings. The standard InChI is InChI=1S/C22H21ClN4O2S/c1-12-20(23)15-9-13(3-4-16(15)25-12)26-17-5-7-24-18-10-19(30-21(17)18)22(28)27-8-6-14(11-27)29-2/h3-5,7,9-10,14,25H,6,8,11H2,1-2H3,(H,24,26). The Morgan fingerprint density at radius 2 is 2.23 bits per heavy atom. The van der Waals surface area contributed by atoms with E-state index >= 15 is 0 Å². The minimum atomic E-state index is 0.0412. The number of aromatic amines is 1. The largest absolute Gasteiger partial charge is 0.380 e. The van der Waals surface area contributed by atoms with Crippen molar-refractivity contribution in [3.05, 3.63) is 52.1 Å². The molecule has 0 bridgehead atoms. The van der Waals surface area contributed by atoms with Crippen molar-refractivity contribution in [2.45, 2.75) is 19.4 Å². The second-order valence-corrected chi connectivity index (χ2v) is 8.96. The SMILES string of the molecule is COC1CCN(C(=O)c2cc3nccc(Nc4ccc5[nH]c(C)c(Cl)c5c4)c3s2)C1. The van der Waals surface area contributed by atoms with Crippen molar-refractivity contribution in [2.24, 2.45) is 0 Å². The summed E-state index contributed by atoms with van der Waals surface area (Å²) >= 11 is 7.88. The average molecular weight is 441 g/mol. The van der Waals surface area contributed by atoms with E-state index in [1.165, 1.54) is 11.3 Å². The van der Waals surface area contributed by atoms with Gasteiger partial charge in [0.05, 0.1) is 31.9 Å². The highest BCUT2D eigenvalue weighted by molar-refractivity contribution is 7.21. The number of methoxy groups -OCH3 is 1. The van der Waals surface area contributed by atoms with Crippen LogP contribution in [0.4, 0.5) is 11.4 Å². The summed E-state index contributed by atoms with van der Waals surface area (Å²) in [5.74, 6) is 0.0412. The quantitative estimate of drug-likeness (QED) is 0.449. The third-order valence-corrected chi connectivity index (χ3v) is 7.21. The molecule has 8 heteroatoms. The molecule has 0 spiro atoms. The fourth-order valence-electron chi connectivity index (χ4n) is 3.93. The van der Waals surface area contributed by atoms with Gasteiger partial charge in [-0.3, -0.25) is 9.78 Å². The fourth-order valence-corrected chi connectivity index (χ4v) is 5.19. The number of nitrogens with zero attached hydrogens (tertiary/aromatic N) is 2. The highest BCUT2D eigenvalue weighted by Gasteiger charge is 2.28. The number of carbonyl (C=O) groups is 1. The first-order valence-electron chi connectivity index (χ1n) is 9.79. The third-order valence-electron chi connectivity index (χ3n) is 5.57. The molecule has 2 N–H and O–H groups in total. The van der Waals surface area contributed by atoms with Crippen LogP contribution in [0.3, 0.4) is 0 Å². The molecule has 1 atom stereocenters. The van der Waals surface area contributed by atoms with Crippen LogP contribution in [0.15, 0.2) is 36.5 Å². The Morgan fingerprint density at radius 3 is 3.03 bits per heavy atom. The predicted octanol–water partition coefficient (Wildman–Crippen LogP) is 5.34. The van der Waals surface area contributed by atoms with E-state index in [2.05, 4.69) is 15.3 Å². The molecule has 1 amide bonds. The number of fused-ring (bicyclic) bond motifs is 2. The van der Waals surface area contributed by atoms with Gasteiger partial charge in [0.25, 0.3) is 5.91 Å². The summed E-state index contributed by atoms with van der Waals surface area (Å²) in [4.78, 5) is 23.2. The normalized spacial score (nSPS) is 16.6. The molecule has 1 unspecified atom stereocenters. The Labute approximate surface area is 182 Å². The third kappa shape index (κ3) is 3.33. The van der Waals surface area contributed by atoms with Gasteiger partial charge in [0.15, 0.2) is 0 Å². The summed E-state index contributed by atoms with van der Waals surface area (Å²) in [5, 5.41) is 5.18. The molecule has 4 aromatic rings. The van der Waals surface area contributed by atoms with Gasteiger partial charge >= 0.3 is 0 Å². The Balaban J connectivity index is 1.45. The number of ether oxygens (including phenoxy) is 1. The first kappa shape index (κ1) is 19.4. The number of thiophene rings is 1. The number of rotatable bonds is 4. The number of halogens is 1. The number of H-pyrrole nitrogens is 1. The molecule has 3 aromatic heterocycles. The van der Waals surface area contributed by atoms with E-state index in [1.807, 2.05) is 42.2 Å². The van der Waals surface area contributed by atoms with Crippen molar-refractivity contribution in [3.8, 4) is 0 Å². The van der Waals surface area contributed by atoms with Crippen molar-refractivity contribution in [3.63, 3.8) is 0 Å². The van der Waals surface area contributed by atoms with Crippen molar-refractivity contribution in [1.29, 1.82) is 0 Å². The van der Waals surface area contributed by atoms with Crippen LogP contribution in [0, 0.1) is 6.92 Å². The van der Waals surface area contributed by atoms with Gasteiger partial charge in [0.2, 0.25) is 0 Å². The molecule has 1 aromatic carbocycles. The topological polar surface area (TPSA) is 70.2 Å². The number of pyridine rings is 1. The second kappa shape index (κ2) is 7.58. The number of carbonyl (C=O) groups excluding carboxylic acids is 1. The van der Waals surface area contributed by atoms with E-state index in [1.54, 1.807) is 13.3 Å². The molecular formula is C22H21ClN4O2S. The molecule has 6 nitrogen and oxygen atoms in total.